The van der Waals surface area contributed by atoms with E-state index in [0.717, 1.165) is 11.1 Å². The molecule has 2 aromatic rings. The maximum Gasteiger partial charge on any atom is 0.315 e. The monoisotopic (exact) mass is 328 g/mol. The van der Waals surface area contributed by atoms with Gasteiger partial charge in [-0.1, -0.05) is 29.8 Å². The van der Waals surface area contributed by atoms with Crippen molar-refractivity contribution >= 4 is 17.6 Å². The Hall–Kier alpha value is -3.09. The minimum Gasteiger partial charge on any atom is -0.481 e. The van der Waals surface area contributed by atoms with Crippen LogP contribution in [0.1, 0.15) is 11.1 Å². The van der Waals surface area contributed by atoms with Gasteiger partial charge in [-0.25, -0.2) is 9.78 Å². The molecule has 0 saturated carbocycles. The van der Waals surface area contributed by atoms with Gasteiger partial charge < -0.3 is 20.7 Å². The number of carbonyl (C=O) groups is 2. The van der Waals surface area contributed by atoms with Crippen LogP contribution in [0.4, 0.5) is 10.5 Å². The summed E-state index contributed by atoms with van der Waals surface area (Å²) >= 11 is 0. The number of nitrogens with one attached hydrogen (secondary N) is 3. The lowest BCUT2D eigenvalue weighted by Gasteiger charge is -2.09. The van der Waals surface area contributed by atoms with E-state index in [9.17, 15) is 9.59 Å². The number of carbonyl (C=O) groups excluding carboxylic acids is 2. The zero-order valence-corrected chi connectivity index (χ0v) is 13.6. The third-order valence-electron chi connectivity index (χ3n) is 3.21. The third kappa shape index (κ3) is 5.60. The maximum atomic E-state index is 11.8. The fraction of sp³-hybridized carbons (Fsp3) is 0.235. The standard InChI is InChI=1S/C17H20N4O3/c1-12-3-5-13(6-4-12)9-19-17(23)20-11-15(22)21-14-7-8-16(24-2)18-10-14/h3-8,10H,9,11H2,1-2H3,(H,21,22)(H2,19,20,23). The average molecular weight is 328 g/mol. The van der Waals surface area contributed by atoms with Crippen LogP contribution in [-0.4, -0.2) is 30.6 Å². The molecular weight excluding hydrogens is 308 g/mol. The first-order chi connectivity index (χ1) is 11.6. The number of nitrogens with zero attached hydrogens (tertiary/aromatic N) is 1. The smallest absolute Gasteiger partial charge is 0.315 e. The van der Waals surface area contributed by atoms with Crippen molar-refractivity contribution in [2.24, 2.45) is 0 Å². The Bertz CT molecular complexity index is 684. The fourth-order valence-corrected chi connectivity index (χ4v) is 1.89. The van der Waals surface area contributed by atoms with Crippen LogP contribution >= 0.6 is 0 Å². The van der Waals surface area contributed by atoms with Crippen LogP contribution in [0.25, 0.3) is 0 Å². The molecule has 2 rings (SSSR count). The van der Waals surface area contributed by atoms with Gasteiger partial charge in [0, 0.05) is 12.6 Å². The second kappa shape index (κ2) is 8.52. The fourth-order valence-electron chi connectivity index (χ4n) is 1.89. The van der Waals surface area contributed by atoms with Gasteiger partial charge in [-0.15, -0.1) is 0 Å². The van der Waals surface area contributed by atoms with Gasteiger partial charge in [0.2, 0.25) is 11.8 Å². The molecule has 0 radical (unpaired) electrons. The molecule has 7 nitrogen and oxygen atoms in total. The van der Waals surface area contributed by atoms with E-state index in [1.54, 1.807) is 12.1 Å². The van der Waals surface area contributed by atoms with Crippen molar-refractivity contribution in [1.29, 1.82) is 0 Å². The highest BCUT2D eigenvalue weighted by atomic mass is 16.5. The molecule has 126 valence electrons. The molecule has 1 heterocycles. The number of amides is 3. The number of anilines is 1. The zero-order valence-electron chi connectivity index (χ0n) is 13.6. The Morgan fingerprint density at radius 3 is 2.46 bits per heavy atom. The van der Waals surface area contributed by atoms with Gasteiger partial charge in [0.05, 0.1) is 25.5 Å². The predicted molar refractivity (Wildman–Crippen MR) is 90.8 cm³/mol. The van der Waals surface area contributed by atoms with E-state index < -0.39 is 6.03 Å². The highest BCUT2D eigenvalue weighted by molar-refractivity contribution is 5.94. The minimum atomic E-state index is -0.404. The molecule has 24 heavy (non-hydrogen) atoms. The second-order valence-electron chi connectivity index (χ2n) is 5.16. The van der Waals surface area contributed by atoms with Crippen molar-refractivity contribution < 1.29 is 14.3 Å². The maximum absolute atomic E-state index is 11.8. The number of aryl methyl sites for hydroxylation is 1. The van der Waals surface area contributed by atoms with Gasteiger partial charge in [-0.3, -0.25) is 4.79 Å². The molecule has 0 atom stereocenters. The minimum absolute atomic E-state index is 0.133. The summed E-state index contributed by atoms with van der Waals surface area (Å²) in [4.78, 5) is 27.4. The van der Waals surface area contributed by atoms with Crippen LogP contribution < -0.4 is 20.7 Å². The highest BCUT2D eigenvalue weighted by Gasteiger charge is 2.06. The summed E-state index contributed by atoms with van der Waals surface area (Å²) < 4.78 is 4.93. The van der Waals surface area contributed by atoms with E-state index in [0.29, 0.717) is 18.1 Å². The van der Waals surface area contributed by atoms with Gasteiger partial charge >= 0.3 is 6.03 Å². The van der Waals surface area contributed by atoms with Gasteiger partial charge in [-0.2, -0.15) is 0 Å². The number of rotatable bonds is 6. The predicted octanol–water partition coefficient (Wildman–Crippen LogP) is 1.84. The lowest BCUT2D eigenvalue weighted by Crippen LogP contribution is -2.39. The van der Waals surface area contributed by atoms with Crippen molar-refractivity contribution in [1.82, 2.24) is 15.6 Å². The number of ether oxygens (including phenoxy) is 1. The van der Waals surface area contributed by atoms with E-state index in [1.165, 1.54) is 13.3 Å². The van der Waals surface area contributed by atoms with Crippen molar-refractivity contribution in [3.8, 4) is 5.88 Å². The Balaban J connectivity index is 1.70. The molecule has 3 N–H and O–H groups in total. The number of methoxy groups -OCH3 is 1. The van der Waals surface area contributed by atoms with Crippen molar-refractivity contribution in [2.75, 3.05) is 19.0 Å². The zero-order chi connectivity index (χ0) is 17.4. The van der Waals surface area contributed by atoms with Crippen LogP contribution in [-0.2, 0) is 11.3 Å². The van der Waals surface area contributed by atoms with Crippen LogP contribution in [0.5, 0.6) is 5.88 Å². The SMILES string of the molecule is COc1ccc(NC(=O)CNC(=O)NCc2ccc(C)cc2)cn1. The van der Waals surface area contributed by atoms with Crippen molar-refractivity contribution in [3.05, 3.63) is 53.7 Å². The summed E-state index contributed by atoms with van der Waals surface area (Å²) in [5.74, 6) is 0.120. The molecular formula is C17H20N4O3. The van der Waals surface area contributed by atoms with Gasteiger partial charge in [0.1, 0.15) is 0 Å². The number of aromatic nitrogens is 1. The molecule has 0 aliphatic carbocycles. The molecule has 0 spiro atoms. The van der Waals surface area contributed by atoms with Crippen molar-refractivity contribution in [3.63, 3.8) is 0 Å². The summed E-state index contributed by atoms with van der Waals surface area (Å²) in [7, 11) is 1.51. The molecule has 7 heteroatoms. The topological polar surface area (TPSA) is 92.4 Å². The normalized spacial score (nSPS) is 9.92. The highest BCUT2D eigenvalue weighted by Crippen LogP contribution is 2.10. The lowest BCUT2D eigenvalue weighted by molar-refractivity contribution is -0.115. The molecule has 1 aromatic carbocycles. The van der Waals surface area contributed by atoms with E-state index in [1.807, 2.05) is 31.2 Å². The molecule has 0 bridgehead atoms. The first-order valence-corrected chi connectivity index (χ1v) is 7.44. The molecule has 1 aromatic heterocycles. The molecule has 3 amide bonds. The van der Waals surface area contributed by atoms with Crippen LogP contribution in [0.2, 0.25) is 0 Å². The Labute approximate surface area is 140 Å². The summed E-state index contributed by atoms with van der Waals surface area (Å²) in [5, 5.41) is 7.82. The number of pyridine rings is 1. The summed E-state index contributed by atoms with van der Waals surface area (Å²) in [5.41, 5.74) is 2.68. The third-order valence-corrected chi connectivity index (χ3v) is 3.21. The van der Waals surface area contributed by atoms with E-state index in [-0.39, 0.29) is 12.5 Å². The first kappa shape index (κ1) is 17.3. The Morgan fingerprint density at radius 2 is 1.83 bits per heavy atom. The molecule has 0 aliphatic heterocycles. The molecule has 0 aliphatic rings. The average Bonchev–Trinajstić information content (AvgIpc) is 2.60. The van der Waals surface area contributed by atoms with Gasteiger partial charge in [0.25, 0.3) is 0 Å². The van der Waals surface area contributed by atoms with E-state index >= 15 is 0 Å². The summed E-state index contributed by atoms with van der Waals surface area (Å²) in [6.45, 7) is 2.27. The second-order valence-corrected chi connectivity index (χ2v) is 5.16. The Kier molecular flexibility index (Phi) is 6.13. The number of urea groups is 1. The van der Waals surface area contributed by atoms with E-state index in [4.69, 9.17) is 4.74 Å². The molecule has 0 unspecified atom stereocenters. The quantitative estimate of drug-likeness (QED) is 0.754. The Morgan fingerprint density at radius 1 is 1.08 bits per heavy atom. The van der Waals surface area contributed by atoms with Gasteiger partial charge in [0.15, 0.2) is 0 Å². The van der Waals surface area contributed by atoms with Gasteiger partial charge in [-0.05, 0) is 18.6 Å². The van der Waals surface area contributed by atoms with Crippen LogP contribution in [0.3, 0.4) is 0 Å². The van der Waals surface area contributed by atoms with Crippen LogP contribution in [0.15, 0.2) is 42.6 Å². The van der Waals surface area contributed by atoms with Crippen molar-refractivity contribution in [2.45, 2.75) is 13.5 Å². The number of hydrogen-bond acceptors (Lipinski definition) is 4. The first-order valence-electron chi connectivity index (χ1n) is 7.44. The number of benzene rings is 1. The largest absolute Gasteiger partial charge is 0.481 e. The lowest BCUT2D eigenvalue weighted by atomic mass is 10.1. The van der Waals surface area contributed by atoms with Crippen LogP contribution in [0, 0.1) is 6.92 Å². The summed E-state index contributed by atoms with van der Waals surface area (Å²) in [6.07, 6.45) is 1.48. The molecule has 0 saturated heterocycles. The van der Waals surface area contributed by atoms with E-state index in [2.05, 4.69) is 20.9 Å². The summed E-state index contributed by atoms with van der Waals surface area (Å²) in [6, 6.07) is 10.7. The molecule has 0 fully saturated rings. The number of hydrogen-bond donors (Lipinski definition) is 3.